The molecular formula is C46H43ClN6O6. The zero-order valence-electron chi connectivity index (χ0n) is 32.9. The molecule has 3 saturated heterocycles. The number of hydrogen-bond donors (Lipinski definition) is 1. The van der Waals surface area contributed by atoms with Gasteiger partial charge in [-0.2, -0.15) is 5.26 Å². The zero-order valence-corrected chi connectivity index (χ0v) is 33.6. The first-order valence-corrected chi connectivity index (χ1v) is 20.6. The topological polar surface area (TPSA) is 143 Å². The first kappa shape index (κ1) is 38.5. The van der Waals surface area contributed by atoms with Crippen LogP contribution in [0, 0.1) is 17.2 Å². The summed E-state index contributed by atoms with van der Waals surface area (Å²) in [5, 5.41) is 11.9. The van der Waals surface area contributed by atoms with Crippen molar-refractivity contribution in [2.24, 2.45) is 5.92 Å². The van der Waals surface area contributed by atoms with Crippen LogP contribution in [-0.2, 0) is 24.5 Å². The zero-order chi connectivity index (χ0) is 41.2. The molecule has 0 spiro atoms. The van der Waals surface area contributed by atoms with E-state index in [0.717, 1.165) is 78.4 Å². The van der Waals surface area contributed by atoms with Crippen molar-refractivity contribution in [1.29, 1.82) is 5.26 Å². The largest absolute Gasteiger partial charge is 0.378 e. The monoisotopic (exact) mass is 810 g/mol. The minimum Gasteiger partial charge on any atom is -0.378 e. The van der Waals surface area contributed by atoms with E-state index in [2.05, 4.69) is 51.5 Å². The Morgan fingerprint density at radius 3 is 2.20 bits per heavy atom. The Morgan fingerprint density at radius 2 is 1.47 bits per heavy atom. The highest BCUT2D eigenvalue weighted by atomic mass is 35.5. The molecule has 3 fully saturated rings. The highest BCUT2D eigenvalue weighted by molar-refractivity contribution is 6.32. The van der Waals surface area contributed by atoms with Gasteiger partial charge in [0.05, 0.1) is 51.2 Å². The fourth-order valence-electron chi connectivity index (χ4n) is 9.18. The molecule has 0 radical (unpaired) electrons. The normalized spacial score (nSPS) is 21.6. The lowest BCUT2D eigenvalue weighted by Gasteiger charge is -2.34. The van der Waals surface area contributed by atoms with E-state index in [-0.39, 0.29) is 30.4 Å². The van der Waals surface area contributed by atoms with E-state index < -0.39 is 35.1 Å². The SMILES string of the molecule is CC1(C)C(=O)N(c2ccc(C#N)c(Cl)c2)c2ccc(-c3ccc(N4CCC(COC5CCN(c6ccc7c(c6)C(=O)N(C6CCC(=O)NC6=O)C7=O)CC5)C4)cc3)cc21. The van der Waals surface area contributed by atoms with Crippen molar-refractivity contribution in [3.8, 4) is 17.2 Å². The number of hydrogen-bond acceptors (Lipinski definition) is 9. The van der Waals surface area contributed by atoms with Crippen LogP contribution < -0.4 is 20.0 Å². The number of ether oxygens (including phenoxy) is 1. The summed E-state index contributed by atoms with van der Waals surface area (Å²) in [4.78, 5) is 71.5. The van der Waals surface area contributed by atoms with Gasteiger partial charge in [0.15, 0.2) is 0 Å². The fraction of sp³-hybridized carbons (Fsp3) is 0.348. The third kappa shape index (κ3) is 6.82. The van der Waals surface area contributed by atoms with Gasteiger partial charge in [0.2, 0.25) is 17.7 Å². The minimum atomic E-state index is -0.981. The maximum Gasteiger partial charge on any atom is 0.262 e. The molecule has 59 heavy (non-hydrogen) atoms. The number of halogens is 1. The average Bonchev–Trinajstić information content (AvgIpc) is 3.87. The van der Waals surface area contributed by atoms with Gasteiger partial charge in [0.1, 0.15) is 12.1 Å². The van der Waals surface area contributed by atoms with Gasteiger partial charge in [-0.15, -0.1) is 0 Å². The number of amides is 5. The van der Waals surface area contributed by atoms with Crippen molar-refractivity contribution in [3.63, 3.8) is 0 Å². The van der Waals surface area contributed by atoms with Crippen LogP contribution in [-0.4, -0.2) is 79.4 Å². The molecule has 0 aliphatic carbocycles. The molecule has 300 valence electrons. The Hall–Kier alpha value is -6.03. The maximum absolute atomic E-state index is 13.7. The lowest BCUT2D eigenvalue weighted by molar-refractivity contribution is -0.136. The smallest absolute Gasteiger partial charge is 0.262 e. The predicted octanol–water partition coefficient (Wildman–Crippen LogP) is 6.75. The molecule has 13 heteroatoms. The molecule has 2 atom stereocenters. The number of nitrogens with one attached hydrogen (secondary N) is 1. The second kappa shape index (κ2) is 15.0. The molecule has 5 amide bonds. The van der Waals surface area contributed by atoms with Crippen LogP contribution >= 0.6 is 11.6 Å². The number of imide groups is 2. The Balaban J connectivity index is 0.777. The summed E-state index contributed by atoms with van der Waals surface area (Å²) in [5.74, 6) is -1.63. The number of nitriles is 1. The van der Waals surface area contributed by atoms with Crippen molar-refractivity contribution < 1.29 is 28.7 Å². The molecule has 4 aromatic rings. The number of benzene rings is 4. The van der Waals surface area contributed by atoms with Crippen molar-refractivity contribution in [2.75, 3.05) is 47.5 Å². The third-order valence-electron chi connectivity index (χ3n) is 12.6. The van der Waals surface area contributed by atoms with Crippen molar-refractivity contribution in [3.05, 3.63) is 106 Å². The number of nitrogens with zero attached hydrogens (tertiary/aromatic N) is 5. The summed E-state index contributed by atoms with van der Waals surface area (Å²) >= 11 is 6.34. The van der Waals surface area contributed by atoms with Gasteiger partial charge in [-0.25, -0.2) is 0 Å². The molecule has 4 aromatic carbocycles. The van der Waals surface area contributed by atoms with Crippen LogP contribution in [0.5, 0.6) is 0 Å². The molecule has 9 rings (SSSR count). The maximum atomic E-state index is 13.7. The lowest BCUT2D eigenvalue weighted by atomic mass is 9.84. The molecule has 2 unspecified atom stereocenters. The van der Waals surface area contributed by atoms with E-state index in [9.17, 15) is 29.2 Å². The van der Waals surface area contributed by atoms with Gasteiger partial charge in [0.25, 0.3) is 11.8 Å². The number of rotatable bonds is 8. The van der Waals surface area contributed by atoms with Crippen LogP contribution in [0.4, 0.5) is 22.7 Å². The highest BCUT2D eigenvalue weighted by Gasteiger charge is 2.46. The molecule has 5 heterocycles. The van der Waals surface area contributed by atoms with E-state index in [1.807, 2.05) is 32.0 Å². The first-order valence-electron chi connectivity index (χ1n) is 20.2. The number of piperidine rings is 2. The van der Waals surface area contributed by atoms with Crippen LogP contribution in [0.2, 0.25) is 5.02 Å². The Morgan fingerprint density at radius 1 is 0.780 bits per heavy atom. The third-order valence-corrected chi connectivity index (χ3v) is 12.9. The standard InChI is InChI=1S/C46H43ClN6O6/c1-46(2)37-21-29(6-12-39(37)52(45(46)58)33-9-5-30(24-48)38(47)23-33)28-3-7-31(8-4-28)51-18-15-27(25-51)26-59-34-16-19-50(20-17-34)32-10-11-35-36(22-32)44(57)53(43(35)56)40-13-14-41(54)49-42(40)55/h3-12,21-23,27,34,40H,13-20,25-26H2,1-2H3,(H,49,54,55). The average molecular weight is 811 g/mol. The summed E-state index contributed by atoms with van der Waals surface area (Å²) in [6, 6.07) is 26.2. The lowest BCUT2D eigenvalue weighted by Crippen LogP contribution is -2.54. The van der Waals surface area contributed by atoms with Crippen molar-refractivity contribution >= 4 is 63.9 Å². The van der Waals surface area contributed by atoms with E-state index in [4.69, 9.17) is 16.3 Å². The molecule has 5 aliphatic heterocycles. The highest BCUT2D eigenvalue weighted by Crippen LogP contribution is 2.47. The van der Waals surface area contributed by atoms with Crippen molar-refractivity contribution in [1.82, 2.24) is 10.2 Å². The summed E-state index contributed by atoms with van der Waals surface area (Å²) in [6.07, 6.45) is 3.10. The molecule has 5 aliphatic rings. The van der Waals surface area contributed by atoms with E-state index in [0.29, 0.717) is 34.4 Å². The molecule has 0 aromatic heterocycles. The van der Waals surface area contributed by atoms with Crippen LogP contribution in [0.25, 0.3) is 11.1 Å². The summed E-state index contributed by atoms with van der Waals surface area (Å²) in [5.41, 5.74) is 6.72. The molecule has 1 N–H and O–H groups in total. The Kier molecular flexibility index (Phi) is 9.76. The van der Waals surface area contributed by atoms with Gasteiger partial charge in [-0.3, -0.25) is 39.1 Å². The van der Waals surface area contributed by atoms with Gasteiger partial charge < -0.3 is 14.5 Å². The summed E-state index contributed by atoms with van der Waals surface area (Å²) in [7, 11) is 0. The van der Waals surface area contributed by atoms with Crippen LogP contribution in [0.3, 0.4) is 0 Å². The number of carbonyl (C=O) groups excluding carboxylic acids is 5. The predicted molar refractivity (Wildman–Crippen MR) is 223 cm³/mol. The van der Waals surface area contributed by atoms with Gasteiger partial charge in [-0.05, 0) is 117 Å². The second-order valence-electron chi connectivity index (χ2n) is 16.6. The van der Waals surface area contributed by atoms with Crippen molar-refractivity contribution in [2.45, 2.75) is 63.5 Å². The Labute approximate surface area is 347 Å². The molecular weight excluding hydrogens is 768 g/mol. The molecule has 12 nitrogen and oxygen atoms in total. The van der Waals surface area contributed by atoms with Gasteiger partial charge in [0, 0.05) is 49.9 Å². The summed E-state index contributed by atoms with van der Waals surface area (Å²) in [6.45, 7) is 7.96. The quantitative estimate of drug-likeness (QED) is 0.191. The molecule has 0 bridgehead atoms. The van der Waals surface area contributed by atoms with E-state index >= 15 is 0 Å². The van der Waals surface area contributed by atoms with E-state index in [1.165, 1.54) is 5.69 Å². The second-order valence-corrected chi connectivity index (χ2v) is 17.0. The van der Waals surface area contributed by atoms with E-state index in [1.54, 1.807) is 35.2 Å². The summed E-state index contributed by atoms with van der Waals surface area (Å²) < 4.78 is 6.46. The number of fused-ring (bicyclic) bond motifs is 2. The fourth-order valence-corrected chi connectivity index (χ4v) is 9.40. The number of anilines is 4. The Bertz CT molecular complexity index is 2470. The van der Waals surface area contributed by atoms with Crippen LogP contribution in [0.1, 0.15) is 77.8 Å². The van der Waals surface area contributed by atoms with Gasteiger partial charge in [-0.1, -0.05) is 29.8 Å². The number of carbonyl (C=O) groups is 5. The van der Waals surface area contributed by atoms with Gasteiger partial charge >= 0.3 is 0 Å². The first-order chi connectivity index (χ1) is 28.4. The van der Waals surface area contributed by atoms with Crippen LogP contribution in [0.15, 0.2) is 78.9 Å². The minimum absolute atomic E-state index is 0.0463. The molecule has 0 saturated carbocycles.